The molecule has 0 aliphatic carbocycles. The normalized spacial score (nSPS) is 10.9. The summed E-state index contributed by atoms with van der Waals surface area (Å²) < 4.78 is 3.57. The number of hydrogen-bond acceptors (Lipinski definition) is 4. The number of rotatable bonds is 5. The van der Waals surface area contributed by atoms with Crippen molar-refractivity contribution in [3.05, 3.63) is 73.1 Å². The fraction of sp³-hybridized carbons (Fsp3) is 0.111. The molecule has 0 spiro atoms. The molecule has 25 heavy (non-hydrogen) atoms. The molecular formula is C18H16N6O. The summed E-state index contributed by atoms with van der Waals surface area (Å²) in [6.07, 6.45) is 4.75. The number of hydrogen-bond donors (Lipinski definition) is 1. The standard InChI is InChI=1S/C18H16N6O/c25-18(10-24-12-19-11-21-24)22-15-5-3-4-14(8-15)9-23-13-20-16-6-1-2-7-17(16)23/h1-8,11-13H,9-10H2,(H,22,25). The van der Waals surface area contributed by atoms with E-state index in [0.29, 0.717) is 6.54 Å². The zero-order valence-electron chi connectivity index (χ0n) is 13.4. The van der Waals surface area contributed by atoms with Crippen LogP contribution in [0.3, 0.4) is 0 Å². The fourth-order valence-corrected chi connectivity index (χ4v) is 2.74. The van der Waals surface area contributed by atoms with Gasteiger partial charge >= 0.3 is 0 Å². The topological polar surface area (TPSA) is 77.6 Å². The number of nitrogens with zero attached hydrogens (tertiary/aromatic N) is 5. The van der Waals surface area contributed by atoms with Crippen molar-refractivity contribution in [3.8, 4) is 0 Å². The lowest BCUT2D eigenvalue weighted by Crippen LogP contribution is -2.19. The monoisotopic (exact) mass is 332 g/mol. The van der Waals surface area contributed by atoms with Gasteiger partial charge in [-0.05, 0) is 29.8 Å². The first-order valence-corrected chi connectivity index (χ1v) is 7.89. The molecule has 1 N–H and O–H groups in total. The van der Waals surface area contributed by atoms with Crippen LogP contribution in [0.4, 0.5) is 5.69 Å². The predicted octanol–water partition coefficient (Wildman–Crippen LogP) is 2.31. The second-order valence-electron chi connectivity index (χ2n) is 5.70. The molecule has 0 fully saturated rings. The molecule has 2 heterocycles. The Bertz CT molecular complexity index is 1010. The number of fused-ring (bicyclic) bond motifs is 1. The summed E-state index contributed by atoms with van der Waals surface area (Å²) in [5, 5.41) is 6.81. The minimum atomic E-state index is -0.143. The maximum Gasteiger partial charge on any atom is 0.246 e. The Morgan fingerprint density at radius 3 is 2.88 bits per heavy atom. The van der Waals surface area contributed by atoms with Crippen LogP contribution in [0.2, 0.25) is 0 Å². The van der Waals surface area contributed by atoms with Crippen LogP contribution in [-0.4, -0.2) is 30.2 Å². The van der Waals surface area contributed by atoms with E-state index in [9.17, 15) is 4.79 Å². The minimum absolute atomic E-state index is 0.135. The molecule has 4 aromatic rings. The zero-order chi connectivity index (χ0) is 17.1. The number of nitrogens with one attached hydrogen (secondary N) is 1. The van der Waals surface area contributed by atoms with Gasteiger partial charge in [0.1, 0.15) is 19.2 Å². The van der Waals surface area contributed by atoms with Gasteiger partial charge in [-0.2, -0.15) is 5.10 Å². The van der Waals surface area contributed by atoms with Gasteiger partial charge in [0.05, 0.1) is 17.4 Å². The average molecular weight is 332 g/mol. The molecule has 0 radical (unpaired) electrons. The predicted molar refractivity (Wildman–Crippen MR) is 93.9 cm³/mol. The van der Waals surface area contributed by atoms with E-state index in [1.54, 1.807) is 0 Å². The third-order valence-electron chi connectivity index (χ3n) is 3.86. The molecule has 0 aliphatic rings. The first kappa shape index (κ1) is 15.1. The van der Waals surface area contributed by atoms with Gasteiger partial charge in [-0.25, -0.2) is 14.6 Å². The van der Waals surface area contributed by atoms with Crippen LogP contribution in [-0.2, 0) is 17.9 Å². The van der Waals surface area contributed by atoms with Crippen LogP contribution in [0.1, 0.15) is 5.56 Å². The number of imidazole rings is 1. The first-order valence-electron chi connectivity index (χ1n) is 7.89. The van der Waals surface area contributed by atoms with Crippen molar-refractivity contribution in [1.82, 2.24) is 24.3 Å². The largest absolute Gasteiger partial charge is 0.326 e. The summed E-state index contributed by atoms with van der Waals surface area (Å²) >= 11 is 0. The highest BCUT2D eigenvalue weighted by atomic mass is 16.2. The van der Waals surface area contributed by atoms with Gasteiger partial charge < -0.3 is 9.88 Å². The second kappa shape index (κ2) is 6.56. The number of amides is 1. The van der Waals surface area contributed by atoms with Crippen molar-refractivity contribution < 1.29 is 4.79 Å². The van der Waals surface area contributed by atoms with E-state index in [1.165, 1.54) is 17.3 Å². The molecule has 7 nitrogen and oxygen atoms in total. The number of aromatic nitrogens is 5. The molecule has 4 rings (SSSR count). The maximum atomic E-state index is 12.1. The van der Waals surface area contributed by atoms with Crippen molar-refractivity contribution in [1.29, 1.82) is 0 Å². The van der Waals surface area contributed by atoms with Gasteiger partial charge in [0.25, 0.3) is 0 Å². The molecule has 0 bridgehead atoms. The molecule has 0 atom stereocenters. The Balaban J connectivity index is 1.48. The molecule has 0 unspecified atom stereocenters. The second-order valence-corrected chi connectivity index (χ2v) is 5.70. The van der Waals surface area contributed by atoms with E-state index in [0.717, 1.165) is 22.3 Å². The Labute approximate surface area is 143 Å². The number of anilines is 1. The number of carbonyl (C=O) groups excluding carboxylic acids is 1. The summed E-state index contributed by atoms with van der Waals surface area (Å²) in [5.74, 6) is -0.143. The van der Waals surface area contributed by atoms with Crippen molar-refractivity contribution in [2.24, 2.45) is 0 Å². The zero-order valence-corrected chi connectivity index (χ0v) is 13.4. The van der Waals surface area contributed by atoms with Crippen LogP contribution < -0.4 is 5.32 Å². The molecule has 0 aliphatic heterocycles. The van der Waals surface area contributed by atoms with E-state index < -0.39 is 0 Å². The minimum Gasteiger partial charge on any atom is -0.326 e. The smallest absolute Gasteiger partial charge is 0.246 e. The molecule has 2 aromatic carbocycles. The lowest BCUT2D eigenvalue weighted by molar-refractivity contribution is -0.116. The van der Waals surface area contributed by atoms with Gasteiger partial charge in [0.2, 0.25) is 5.91 Å². The van der Waals surface area contributed by atoms with Gasteiger partial charge in [0.15, 0.2) is 0 Å². The van der Waals surface area contributed by atoms with Gasteiger partial charge in [-0.15, -0.1) is 0 Å². The Kier molecular flexibility index (Phi) is 3.96. The third-order valence-corrected chi connectivity index (χ3v) is 3.86. The lowest BCUT2D eigenvalue weighted by atomic mass is 10.2. The SMILES string of the molecule is O=C(Cn1cncn1)Nc1cccc(Cn2cnc3ccccc32)c1. The third kappa shape index (κ3) is 3.40. The summed E-state index contributed by atoms with van der Waals surface area (Å²) in [6.45, 7) is 0.823. The highest BCUT2D eigenvalue weighted by Crippen LogP contribution is 2.16. The van der Waals surface area contributed by atoms with Gasteiger partial charge in [-0.3, -0.25) is 4.79 Å². The molecule has 0 saturated carbocycles. The molecular weight excluding hydrogens is 316 g/mol. The lowest BCUT2D eigenvalue weighted by Gasteiger charge is -2.09. The maximum absolute atomic E-state index is 12.1. The quantitative estimate of drug-likeness (QED) is 0.608. The van der Waals surface area contributed by atoms with Crippen molar-refractivity contribution in [2.45, 2.75) is 13.1 Å². The highest BCUT2D eigenvalue weighted by Gasteiger charge is 2.06. The first-order chi connectivity index (χ1) is 12.3. The van der Waals surface area contributed by atoms with E-state index in [2.05, 4.69) is 25.0 Å². The van der Waals surface area contributed by atoms with E-state index >= 15 is 0 Å². The molecule has 2 aromatic heterocycles. The van der Waals surface area contributed by atoms with Crippen LogP contribution in [0.5, 0.6) is 0 Å². The van der Waals surface area contributed by atoms with Crippen molar-refractivity contribution in [2.75, 3.05) is 5.32 Å². The van der Waals surface area contributed by atoms with Crippen molar-refractivity contribution in [3.63, 3.8) is 0 Å². The summed E-state index contributed by atoms with van der Waals surface area (Å²) in [6, 6.07) is 15.8. The summed E-state index contributed by atoms with van der Waals surface area (Å²) in [7, 11) is 0. The van der Waals surface area contributed by atoms with Crippen molar-refractivity contribution >= 4 is 22.6 Å². The van der Waals surface area contributed by atoms with Crippen LogP contribution in [0.15, 0.2) is 67.5 Å². The van der Waals surface area contributed by atoms with Gasteiger partial charge in [-0.1, -0.05) is 24.3 Å². The van der Waals surface area contributed by atoms with E-state index in [-0.39, 0.29) is 12.5 Å². The molecule has 0 saturated heterocycles. The van der Waals surface area contributed by atoms with Crippen LogP contribution in [0.25, 0.3) is 11.0 Å². The Morgan fingerprint density at radius 2 is 2.00 bits per heavy atom. The van der Waals surface area contributed by atoms with E-state index in [4.69, 9.17) is 0 Å². The molecule has 124 valence electrons. The fourth-order valence-electron chi connectivity index (χ4n) is 2.74. The summed E-state index contributed by atoms with van der Waals surface area (Å²) in [5.41, 5.74) is 3.90. The molecule has 1 amide bonds. The number of benzene rings is 2. The Hall–Kier alpha value is -3.48. The highest BCUT2D eigenvalue weighted by molar-refractivity contribution is 5.90. The van der Waals surface area contributed by atoms with E-state index in [1.807, 2.05) is 54.9 Å². The number of carbonyl (C=O) groups is 1. The Morgan fingerprint density at radius 1 is 1.08 bits per heavy atom. The van der Waals surface area contributed by atoms with Gasteiger partial charge in [0, 0.05) is 12.2 Å². The van der Waals surface area contributed by atoms with Crippen LogP contribution in [0, 0.1) is 0 Å². The molecule has 7 heteroatoms. The number of para-hydroxylation sites is 2. The van der Waals surface area contributed by atoms with Crippen LogP contribution >= 0.6 is 0 Å². The average Bonchev–Trinajstić information content (AvgIpc) is 3.26. The summed E-state index contributed by atoms with van der Waals surface area (Å²) in [4.78, 5) is 20.3.